The zero-order valence-electron chi connectivity index (χ0n) is 18.3. The average molecular weight is 457 g/mol. The van der Waals surface area contributed by atoms with Gasteiger partial charge in [0.25, 0.3) is 0 Å². The van der Waals surface area contributed by atoms with Crippen LogP contribution in [-0.2, 0) is 27.3 Å². The van der Waals surface area contributed by atoms with E-state index in [2.05, 4.69) is 45.7 Å². The molecule has 2 heterocycles. The number of rotatable bonds is 6. The summed E-state index contributed by atoms with van der Waals surface area (Å²) in [7, 11) is 2.10. The summed E-state index contributed by atoms with van der Waals surface area (Å²) in [5.41, 5.74) is 4.63. The standard InChI is InChI=1S/C24H29ClN4O3/c1-28-9-8-19-14-18(4-7-21(19)28)22(29-10-12-32-13-11-29)16-27-24(31)23(30)26-15-17-2-5-20(25)6-3-17/h2-7,14,22H,8-13,15-16H2,1H3,(H,26,30)(H,27,31)/t22-/m1/s1. The number of hydrogen-bond donors (Lipinski definition) is 2. The summed E-state index contributed by atoms with van der Waals surface area (Å²) in [4.78, 5) is 29.4. The molecule has 4 rings (SSSR count). The molecule has 2 aromatic carbocycles. The molecule has 32 heavy (non-hydrogen) atoms. The van der Waals surface area contributed by atoms with Crippen LogP contribution in [0.15, 0.2) is 42.5 Å². The van der Waals surface area contributed by atoms with Gasteiger partial charge in [-0.05, 0) is 41.3 Å². The van der Waals surface area contributed by atoms with Gasteiger partial charge in [0.05, 0.1) is 19.3 Å². The lowest BCUT2D eigenvalue weighted by Crippen LogP contribution is -2.46. The van der Waals surface area contributed by atoms with Crippen LogP contribution >= 0.6 is 11.6 Å². The normalized spacial score (nSPS) is 17.0. The van der Waals surface area contributed by atoms with Crippen LogP contribution in [0.3, 0.4) is 0 Å². The van der Waals surface area contributed by atoms with Crippen LogP contribution in [0.4, 0.5) is 5.69 Å². The van der Waals surface area contributed by atoms with Crippen molar-refractivity contribution in [2.24, 2.45) is 0 Å². The van der Waals surface area contributed by atoms with Crippen molar-refractivity contribution in [1.29, 1.82) is 0 Å². The Kier molecular flexibility index (Phi) is 7.29. The van der Waals surface area contributed by atoms with Crippen LogP contribution < -0.4 is 15.5 Å². The minimum Gasteiger partial charge on any atom is -0.379 e. The Bertz CT molecular complexity index is 960. The summed E-state index contributed by atoms with van der Waals surface area (Å²) in [6.07, 6.45) is 1.02. The Morgan fingerprint density at radius 3 is 2.50 bits per heavy atom. The summed E-state index contributed by atoms with van der Waals surface area (Å²) in [6.45, 7) is 4.57. The number of carbonyl (C=O) groups is 2. The number of nitrogens with zero attached hydrogens (tertiary/aromatic N) is 2. The van der Waals surface area contributed by atoms with Crippen LogP contribution in [0, 0.1) is 0 Å². The molecule has 7 nitrogen and oxygen atoms in total. The molecule has 1 saturated heterocycles. The van der Waals surface area contributed by atoms with Crippen LogP contribution in [0.25, 0.3) is 0 Å². The average Bonchev–Trinajstić information content (AvgIpc) is 3.19. The van der Waals surface area contributed by atoms with Gasteiger partial charge in [-0.15, -0.1) is 0 Å². The van der Waals surface area contributed by atoms with Crippen molar-refractivity contribution >= 4 is 29.1 Å². The molecule has 1 atom stereocenters. The molecule has 0 saturated carbocycles. The molecule has 0 radical (unpaired) electrons. The maximum absolute atomic E-state index is 12.5. The first kappa shape index (κ1) is 22.6. The van der Waals surface area contributed by atoms with E-state index in [1.807, 2.05) is 12.1 Å². The van der Waals surface area contributed by atoms with Crippen LogP contribution in [0.2, 0.25) is 5.02 Å². The number of anilines is 1. The molecule has 2 aliphatic rings. The third-order valence-electron chi connectivity index (χ3n) is 6.13. The molecular formula is C24H29ClN4O3. The van der Waals surface area contributed by atoms with E-state index >= 15 is 0 Å². The summed E-state index contributed by atoms with van der Waals surface area (Å²) >= 11 is 5.88. The Morgan fingerprint density at radius 2 is 1.75 bits per heavy atom. The fourth-order valence-electron chi connectivity index (χ4n) is 4.28. The quantitative estimate of drug-likeness (QED) is 0.651. The number of fused-ring (bicyclic) bond motifs is 1. The van der Waals surface area contributed by atoms with Gasteiger partial charge in [0.15, 0.2) is 0 Å². The van der Waals surface area contributed by atoms with Crippen molar-refractivity contribution in [1.82, 2.24) is 15.5 Å². The van der Waals surface area contributed by atoms with E-state index < -0.39 is 11.8 Å². The van der Waals surface area contributed by atoms with E-state index in [1.165, 1.54) is 11.3 Å². The van der Waals surface area contributed by atoms with E-state index in [1.54, 1.807) is 12.1 Å². The van der Waals surface area contributed by atoms with Gasteiger partial charge in [-0.2, -0.15) is 0 Å². The van der Waals surface area contributed by atoms with Gasteiger partial charge < -0.3 is 20.3 Å². The third kappa shape index (κ3) is 5.41. The molecular weight excluding hydrogens is 428 g/mol. The fourth-order valence-corrected chi connectivity index (χ4v) is 4.40. The molecule has 2 amide bonds. The second-order valence-corrected chi connectivity index (χ2v) is 8.68. The van der Waals surface area contributed by atoms with Crippen molar-refractivity contribution < 1.29 is 14.3 Å². The number of morpholine rings is 1. The van der Waals surface area contributed by atoms with Crippen molar-refractivity contribution in [3.8, 4) is 0 Å². The number of halogens is 1. The van der Waals surface area contributed by atoms with Crippen LogP contribution in [-0.4, -0.2) is 63.2 Å². The van der Waals surface area contributed by atoms with E-state index in [-0.39, 0.29) is 12.6 Å². The molecule has 0 unspecified atom stereocenters. The number of likely N-dealkylation sites (N-methyl/N-ethyl adjacent to an activating group) is 1. The second-order valence-electron chi connectivity index (χ2n) is 8.24. The van der Waals surface area contributed by atoms with Gasteiger partial charge in [0, 0.05) is 50.5 Å². The molecule has 0 aromatic heterocycles. The number of carbonyl (C=O) groups excluding carboxylic acids is 2. The molecule has 1 fully saturated rings. The first-order valence-corrected chi connectivity index (χ1v) is 11.4. The lowest BCUT2D eigenvalue weighted by molar-refractivity contribution is -0.139. The second kappa shape index (κ2) is 10.3. The highest BCUT2D eigenvalue weighted by Gasteiger charge is 2.26. The predicted octanol–water partition coefficient (Wildman–Crippen LogP) is 2.14. The van der Waals surface area contributed by atoms with Gasteiger partial charge in [-0.25, -0.2) is 0 Å². The number of hydrogen-bond acceptors (Lipinski definition) is 5. The first-order valence-electron chi connectivity index (χ1n) is 11.0. The molecule has 2 N–H and O–H groups in total. The predicted molar refractivity (Wildman–Crippen MR) is 125 cm³/mol. The van der Waals surface area contributed by atoms with Crippen molar-refractivity contribution in [2.45, 2.75) is 19.0 Å². The molecule has 0 bridgehead atoms. The van der Waals surface area contributed by atoms with Gasteiger partial charge in [-0.3, -0.25) is 14.5 Å². The van der Waals surface area contributed by atoms with E-state index in [9.17, 15) is 9.59 Å². The molecule has 170 valence electrons. The highest BCUT2D eigenvalue weighted by Crippen LogP contribution is 2.31. The Morgan fingerprint density at radius 1 is 1.03 bits per heavy atom. The third-order valence-corrected chi connectivity index (χ3v) is 6.38. The van der Waals surface area contributed by atoms with Crippen LogP contribution in [0.5, 0.6) is 0 Å². The summed E-state index contributed by atoms with van der Waals surface area (Å²) < 4.78 is 5.51. The van der Waals surface area contributed by atoms with Crippen molar-refractivity contribution in [3.05, 3.63) is 64.2 Å². The first-order chi connectivity index (χ1) is 15.5. The maximum Gasteiger partial charge on any atom is 0.309 e. The van der Waals surface area contributed by atoms with Crippen LogP contribution in [0.1, 0.15) is 22.7 Å². The minimum absolute atomic E-state index is 0.0110. The highest BCUT2D eigenvalue weighted by molar-refractivity contribution is 6.35. The summed E-state index contributed by atoms with van der Waals surface area (Å²) in [5.74, 6) is -1.27. The fraction of sp³-hybridized carbons (Fsp3) is 0.417. The largest absolute Gasteiger partial charge is 0.379 e. The Balaban J connectivity index is 1.39. The lowest BCUT2D eigenvalue weighted by atomic mass is 10.0. The van der Waals surface area contributed by atoms with E-state index in [0.29, 0.717) is 24.8 Å². The SMILES string of the molecule is CN1CCc2cc([C@@H](CNC(=O)C(=O)NCc3ccc(Cl)cc3)N3CCOCC3)ccc21. The lowest BCUT2D eigenvalue weighted by Gasteiger charge is -2.35. The summed E-state index contributed by atoms with van der Waals surface area (Å²) in [6, 6.07) is 13.7. The van der Waals surface area contributed by atoms with Gasteiger partial charge >= 0.3 is 11.8 Å². The number of nitrogens with one attached hydrogen (secondary N) is 2. The van der Waals surface area contributed by atoms with E-state index in [0.717, 1.165) is 37.2 Å². The van der Waals surface area contributed by atoms with Gasteiger partial charge in [-0.1, -0.05) is 35.9 Å². The summed E-state index contributed by atoms with van der Waals surface area (Å²) in [5, 5.41) is 6.13. The molecule has 0 spiro atoms. The molecule has 2 aliphatic heterocycles. The van der Waals surface area contributed by atoms with Crippen molar-refractivity contribution in [2.75, 3.05) is 51.3 Å². The Labute approximate surface area is 193 Å². The van der Waals surface area contributed by atoms with Gasteiger partial charge in [0.1, 0.15) is 0 Å². The zero-order valence-corrected chi connectivity index (χ0v) is 19.0. The topological polar surface area (TPSA) is 73.9 Å². The minimum atomic E-state index is -0.642. The highest BCUT2D eigenvalue weighted by atomic mass is 35.5. The number of amides is 2. The van der Waals surface area contributed by atoms with Gasteiger partial charge in [0.2, 0.25) is 0 Å². The molecule has 8 heteroatoms. The van der Waals surface area contributed by atoms with Crippen molar-refractivity contribution in [3.63, 3.8) is 0 Å². The maximum atomic E-state index is 12.5. The Hall–Kier alpha value is -2.61. The molecule has 0 aliphatic carbocycles. The smallest absolute Gasteiger partial charge is 0.309 e. The number of benzene rings is 2. The monoisotopic (exact) mass is 456 g/mol. The number of ether oxygens (including phenoxy) is 1. The molecule has 2 aromatic rings. The zero-order chi connectivity index (χ0) is 22.5. The van der Waals surface area contributed by atoms with E-state index in [4.69, 9.17) is 16.3 Å².